The zero-order valence-electron chi connectivity index (χ0n) is 13.5. The molecule has 122 valence electrons. The molecule has 0 saturated heterocycles. The number of hydrogen-bond acceptors (Lipinski definition) is 4. The topological polar surface area (TPSA) is 74.7 Å². The molecule has 0 amide bonds. The van der Waals surface area contributed by atoms with Crippen molar-refractivity contribution in [3.63, 3.8) is 0 Å². The lowest BCUT2D eigenvalue weighted by Crippen LogP contribution is -2.29. The highest BCUT2D eigenvalue weighted by atomic mass is 16.3. The minimum atomic E-state index is -0.650. The number of aromatic nitrogens is 3. The normalized spacial score (nSPS) is 23.4. The molecule has 3 atom stereocenters. The molecule has 2 aromatic heterocycles. The van der Waals surface area contributed by atoms with Gasteiger partial charge in [-0.3, -0.25) is 4.98 Å². The van der Waals surface area contributed by atoms with Crippen LogP contribution in [0.2, 0.25) is 0 Å². The van der Waals surface area contributed by atoms with Crippen LogP contribution in [0.4, 0.5) is 0 Å². The lowest BCUT2D eigenvalue weighted by Gasteiger charge is -2.34. The Labute approximate surface area is 145 Å². The van der Waals surface area contributed by atoms with Crippen LogP contribution in [0, 0.1) is 17.2 Å². The summed E-state index contributed by atoms with van der Waals surface area (Å²) in [7, 11) is 0. The van der Waals surface area contributed by atoms with Crippen LogP contribution in [-0.4, -0.2) is 19.6 Å². The van der Waals surface area contributed by atoms with Crippen molar-refractivity contribution in [2.75, 3.05) is 0 Å². The maximum Gasteiger partial charge on any atom is 0.101 e. The van der Waals surface area contributed by atoms with Crippen LogP contribution in [0.5, 0.6) is 0 Å². The molecule has 5 heteroatoms. The molecule has 0 fully saturated rings. The van der Waals surface area contributed by atoms with E-state index in [1.807, 2.05) is 30.7 Å². The van der Waals surface area contributed by atoms with Crippen LogP contribution in [-0.2, 0) is 6.42 Å². The first-order valence-electron chi connectivity index (χ1n) is 8.46. The number of nitrogens with zero attached hydrogens (tertiary/aromatic N) is 4. The maximum atomic E-state index is 11.1. The molecule has 0 bridgehead atoms. The number of aliphatic hydroxyl groups excluding tert-OH is 1. The van der Waals surface area contributed by atoms with E-state index < -0.39 is 6.10 Å². The number of pyridine rings is 1. The highest BCUT2D eigenvalue weighted by Gasteiger charge is 2.41. The van der Waals surface area contributed by atoms with E-state index in [-0.39, 0.29) is 12.0 Å². The van der Waals surface area contributed by atoms with Gasteiger partial charge in [0.2, 0.25) is 0 Å². The first-order chi connectivity index (χ1) is 12.3. The number of hydrogen-bond donors (Lipinski definition) is 1. The zero-order chi connectivity index (χ0) is 17.0. The Hall–Kier alpha value is -2.97. The fraction of sp³-hybridized carbons (Fsp3) is 0.250. The van der Waals surface area contributed by atoms with E-state index in [0.717, 1.165) is 24.1 Å². The average molecular weight is 328 g/mol. The summed E-state index contributed by atoms with van der Waals surface area (Å²) in [6, 6.07) is 12.4. The maximum absolute atomic E-state index is 11.1. The molecular weight excluding hydrogens is 312 g/mol. The molecule has 0 unspecified atom stereocenters. The number of nitriles is 1. The van der Waals surface area contributed by atoms with E-state index in [2.05, 4.69) is 32.7 Å². The standard InChI is InChI=1S/C20H16N4O/c21-8-12-7-13-5-6-16(20(25)18(13)23-9-12)19-15-4-2-1-3-14(15)17-10-22-11-24(17)19/h1-4,7,9-11,16,19-20,25H,5-6H2/t16-,19+,20+/m0/s1. The number of rotatable bonds is 1. The summed E-state index contributed by atoms with van der Waals surface area (Å²) >= 11 is 0. The van der Waals surface area contributed by atoms with Crippen LogP contribution in [0.25, 0.3) is 11.3 Å². The molecule has 25 heavy (non-hydrogen) atoms. The molecule has 0 spiro atoms. The Morgan fingerprint density at radius 1 is 1.24 bits per heavy atom. The Balaban J connectivity index is 1.60. The number of aliphatic hydroxyl groups is 1. The first-order valence-corrected chi connectivity index (χ1v) is 8.46. The van der Waals surface area contributed by atoms with Crippen LogP contribution in [0.15, 0.2) is 49.1 Å². The van der Waals surface area contributed by atoms with Crippen LogP contribution in [0.3, 0.4) is 0 Å². The van der Waals surface area contributed by atoms with Crippen LogP contribution in [0.1, 0.15) is 41.0 Å². The second-order valence-corrected chi connectivity index (χ2v) is 6.75. The van der Waals surface area contributed by atoms with Gasteiger partial charge in [-0.05, 0) is 30.0 Å². The molecule has 1 aliphatic heterocycles. The van der Waals surface area contributed by atoms with E-state index in [4.69, 9.17) is 5.26 Å². The van der Waals surface area contributed by atoms with Crippen molar-refractivity contribution in [1.82, 2.24) is 14.5 Å². The van der Waals surface area contributed by atoms with Crippen molar-refractivity contribution >= 4 is 0 Å². The monoisotopic (exact) mass is 328 g/mol. The van der Waals surface area contributed by atoms with E-state index in [1.165, 1.54) is 11.1 Å². The Morgan fingerprint density at radius 2 is 2.12 bits per heavy atom. The number of aryl methyl sites for hydroxylation is 1. The van der Waals surface area contributed by atoms with Crippen molar-refractivity contribution < 1.29 is 5.11 Å². The number of imidazole rings is 1. The van der Waals surface area contributed by atoms with E-state index in [0.29, 0.717) is 11.3 Å². The number of fused-ring (bicyclic) bond motifs is 4. The van der Waals surface area contributed by atoms with Gasteiger partial charge in [-0.1, -0.05) is 24.3 Å². The summed E-state index contributed by atoms with van der Waals surface area (Å²) in [6.07, 6.45) is 6.32. The highest BCUT2D eigenvalue weighted by Crippen LogP contribution is 2.49. The van der Waals surface area contributed by atoms with Gasteiger partial charge in [0.25, 0.3) is 0 Å². The smallest absolute Gasteiger partial charge is 0.101 e. The lowest BCUT2D eigenvalue weighted by atomic mass is 9.77. The van der Waals surface area contributed by atoms with Gasteiger partial charge in [-0.15, -0.1) is 0 Å². The predicted molar refractivity (Wildman–Crippen MR) is 91.5 cm³/mol. The molecule has 0 saturated carbocycles. The molecule has 5 nitrogen and oxygen atoms in total. The van der Waals surface area contributed by atoms with Gasteiger partial charge in [-0.2, -0.15) is 5.26 Å². The molecule has 3 aromatic rings. The molecule has 1 N–H and O–H groups in total. The minimum absolute atomic E-state index is 0.0320. The molecule has 5 rings (SSSR count). The fourth-order valence-electron chi connectivity index (χ4n) is 4.37. The summed E-state index contributed by atoms with van der Waals surface area (Å²) in [5.74, 6) is 0.0320. The van der Waals surface area contributed by atoms with Gasteiger partial charge in [0, 0.05) is 17.7 Å². The average Bonchev–Trinajstić information content (AvgIpc) is 3.23. The molecular formula is C20H16N4O. The summed E-state index contributed by atoms with van der Waals surface area (Å²) in [4.78, 5) is 8.70. The van der Waals surface area contributed by atoms with E-state index in [1.54, 1.807) is 6.20 Å². The molecule has 3 heterocycles. The van der Waals surface area contributed by atoms with Gasteiger partial charge in [0.15, 0.2) is 0 Å². The summed E-state index contributed by atoms with van der Waals surface area (Å²) < 4.78 is 2.17. The van der Waals surface area contributed by atoms with Crippen LogP contribution >= 0.6 is 0 Å². The van der Waals surface area contributed by atoms with Gasteiger partial charge in [0.05, 0.1) is 35.5 Å². The van der Waals surface area contributed by atoms with E-state index in [9.17, 15) is 5.11 Å². The Bertz CT molecular complexity index is 1020. The van der Waals surface area contributed by atoms with Gasteiger partial charge >= 0.3 is 0 Å². The van der Waals surface area contributed by atoms with Crippen molar-refractivity contribution in [3.05, 3.63) is 71.4 Å². The van der Waals surface area contributed by atoms with Crippen molar-refractivity contribution in [2.45, 2.75) is 25.0 Å². The second-order valence-electron chi connectivity index (χ2n) is 6.75. The second kappa shape index (κ2) is 5.27. The summed E-state index contributed by atoms with van der Waals surface area (Å²) in [5.41, 5.74) is 5.77. The Morgan fingerprint density at radius 3 is 3.00 bits per heavy atom. The third kappa shape index (κ3) is 1.98. The minimum Gasteiger partial charge on any atom is -0.386 e. The first kappa shape index (κ1) is 14.4. The van der Waals surface area contributed by atoms with Gasteiger partial charge in [0.1, 0.15) is 12.2 Å². The van der Waals surface area contributed by atoms with Crippen LogP contribution < -0.4 is 0 Å². The summed E-state index contributed by atoms with van der Waals surface area (Å²) in [6.45, 7) is 0. The predicted octanol–water partition coefficient (Wildman–Crippen LogP) is 3.02. The van der Waals surface area contributed by atoms with Crippen molar-refractivity contribution in [3.8, 4) is 17.3 Å². The van der Waals surface area contributed by atoms with Crippen molar-refractivity contribution in [1.29, 1.82) is 5.26 Å². The summed E-state index contributed by atoms with van der Waals surface area (Å²) in [5, 5.41) is 20.1. The molecule has 2 aliphatic rings. The Kier molecular flexibility index (Phi) is 3.03. The number of benzene rings is 1. The third-order valence-corrected chi connectivity index (χ3v) is 5.49. The highest BCUT2D eigenvalue weighted by molar-refractivity contribution is 5.69. The zero-order valence-corrected chi connectivity index (χ0v) is 13.5. The molecule has 1 aromatic carbocycles. The van der Waals surface area contributed by atoms with Crippen molar-refractivity contribution in [2.24, 2.45) is 5.92 Å². The third-order valence-electron chi connectivity index (χ3n) is 5.49. The lowest BCUT2D eigenvalue weighted by molar-refractivity contribution is 0.0679. The largest absolute Gasteiger partial charge is 0.386 e. The van der Waals surface area contributed by atoms with Gasteiger partial charge in [-0.25, -0.2) is 4.98 Å². The van der Waals surface area contributed by atoms with Gasteiger partial charge < -0.3 is 9.67 Å². The molecule has 0 radical (unpaired) electrons. The fourth-order valence-corrected chi connectivity index (χ4v) is 4.37. The molecule has 1 aliphatic carbocycles. The van der Waals surface area contributed by atoms with E-state index >= 15 is 0 Å². The SMILES string of the molecule is N#Cc1cnc2c(c1)CC[C@@H]([C@H]1c3ccccc3-c3cncn31)[C@H]2O. The quantitative estimate of drug-likeness (QED) is 0.745.